The molecule has 0 aliphatic heterocycles. The lowest BCUT2D eigenvalue weighted by atomic mass is 10.1. The van der Waals surface area contributed by atoms with Crippen molar-refractivity contribution < 1.29 is 8.81 Å². The molecule has 6 nitrogen and oxygen atoms in total. The summed E-state index contributed by atoms with van der Waals surface area (Å²) in [7, 11) is 0. The highest BCUT2D eigenvalue weighted by molar-refractivity contribution is 5.72. The van der Waals surface area contributed by atoms with Gasteiger partial charge in [-0.05, 0) is 47.5 Å². The number of hydrogen-bond acceptors (Lipinski definition) is 5. The molecule has 30 heavy (non-hydrogen) atoms. The summed E-state index contributed by atoms with van der Waals surface area (Å²) in [5.41, 5.74) is 5.54. The van der Waals surface area contributed by atoms with Gasteiger partial charge in [-0.2, -0.15) is 0 Å². The summed E-state index contributed by atoms with van der Waals surface area (Å²) in [6, 6.07) is 18.7. The zero-order valence-corrected chi connectivity index (χ0v) is 16.2. The maximum absolute atomic E-state index is 13.2. The van der Waals surface area contributed by atoms with E-state index in [1.807, 2.05) is 60.1 Å². The van der Waals surface area contributed by atoms with Gasteiger partial charge in [0.2, 0.25) is 5.89 Å². The molecule has 3 heterocycles. The highest BCUT2D eigenvalue weighted by atomic mass is 19.1. The van der Waals surface area contributed by atoms with Crippen molar-refractivity contribution in [3.63, 3.8) is 0 Å². The van der Waals surface area contributed by atoms with Crippen LogP contribution in [0.2, 0.25) is 0 Å². The summed E-state index contributed by atoms with van der Waals surface area (Å²) < 4.78 is 20.7. The normalized spacial score (nSPS) is 11.1. The van der Waals surface area contributed by atoms with Crippen molar-refractivity contribution in [2.24, 2.45) is 0 Å². The molecule has 5 aromatic rings. The lowest BCUT2D eigenvalue weighted by Crippen LogP contribution is -1.92. The average molecular weight is 399 g/mol. The Kier molecular flexibility index (Phi) is 4.48. The number of imidazole rings is 1. The number of fused-ring (bicyclic) bond motifs is 1. The van der Waals surface area contributed by atoms with E-state index in [-0.39, 0.29) is 5.82 Å². The van der Waals surface area contributed by atoms with Crippen LogP contribution in [0, 0.1) is 5.82 Å². The molecule has 0 atom stereocenters. The first-order chi connectivity index (χ1) is 14.7. The molecule has 0 fully saturated rings. The van der Waals surface area contributed by atoms with E-state index < -0.39 is 0 Å². The van der Waals surface area contributed by atoms with Crippen molar-refractivity contribution >= 4 is 17.3 Å². The van der Waals surface area contributed by atoms with Crippen LogP contribution in [0.5, 0.6) is 0 Å². The van der Waals surface area contributed by atoms with E-state index in [0.29, 0.717) is 18.3 Å². The van der Waals surface area contributed by atoms with Gasteiger partial charge in [-0.25, -0.2) is 9.37 Å². The lowest BCUT2D eigenvalue weighted by Gasteiger charge is -2.07. The van der Waals surface area contributed by atoms with Crippen LogP contribution in [-0.4, -0.2) is 19.6 Å². The summed E-state index contributed by atoms with van der Waals surface area (Å²) in [4.78, 5) is 4.55. The minimum Gasteiger partial charge on any atom is -0.408 e. The van der Waals surface area contributed by atoms with E-state index in [2.05, 4.69) is 20.5 Å². The zero-order valence-electron chi connectivity index (χ0n) is 16.2. The van der Waals surface area contributed by atoms with E-state index in [0.717, 1.165) is 33.7 Å². The van der Waals surface area contributed by atoms with Gasteiger partial charge in [-0.3, -0.25) is 4.40 Å². The van der Waals surface area contributed by atoms with Crippen LogP contribution in [0.1, 0.15) is 12.8 Å². The standard InChI is InChI=1S/C23H18FN5O/c1-2-22-27-28-23(30-22)26-19-5-3-4-17(12-19)20-14-25-21-13-16(10-11-29(20)21)15-6-8-18(24)9-7-15/h3-14H,2H2,1H3,(H,26,28). The Morgan fingerprint density at radius 1 is 0.967 bits per heavy atom. The third kappa shape index (κ3) is 3.41. The Hall–Kier alpha value is -4.00. The Bertz CT molecular complexity index is 1320. The Balaban J connectivity index is 1.46. The van der Waals surface area contributed by atoms with E-state index in [1.54, 1.807) is 12.1 Å². The van der Waals surface area contributed by atoms with Crippen molar-refractivity contribution in [2.45, 2.75) is 13.3 Å². The largest absolute Gasteiger partial charge is 0.408 e. The Labute approximate surface area is 172 Å². The fourth-order valence-electron chi connectivity index (χ4n) is 3.34. The molecule has 148 valence electrons. The van der Waals surface area contributed by atoms with Crippen LogP contribution in [-0.2, 0) is 6.42 Å². The smallest absolute Gasteiger partial charge is 0.320 e. The van der Waals surface area contributed by atoms with E-state index in [4.69, 9.17) is 4.42 Å². The van der Waals surface area contributed by atoms with Crippen LogP contribution in [0.3, 0.4) is 0 Å². The molecule has 1 N–H and O–H groups in total. The van der Waals surface area contributed by atoms with Gasteiger partial charge < -0.3 is 9.73 Å². The van der Waals surface area contributed by atoms with Gasteiger partial charge in [0.25, 0.3) is 0 Å². The predicted molar refractivity (Wildman–Crippen MR) is 113 cm³/mol. The van der Waals surface area contributed by atoms with Gasteiger partial charge in [-0.1, -0.05) is 36.3 Å². The number of pyridine rings is 1. The Morgan fingerprint density at radius 3 is 2.63 bits per heavy atom. The van der Waals surface area contributed by atoms with Crippen LogP contribution >= 0.6 is 0 Å². The number of aryl methyl sites for hydroxylation is 1. The van der Waals surface area contributed by atoms with Gasteiger partial charge in [0, 0.05) is 23.9 Å². The molecular formula is C23H18FN5O. The van der Waals surface area contributed by atoms with Crippen LogP contribution < -0.4 is 5.32 Å². The van der Waals surface area contributed by atoms with Crippen LogP contribution in [0.15, 0.2) is 77.5 Å². The minimum atomic E-state index is -0.247. The highest BCUT2D eigenvalue weighted by Gasteiger charge is 2.10. The number of hydrogen-bond donors (Lipinski definition) is 1. The fourth-order valence-corrected chi connectivity index (χ4v) is 3.34. The van der Waals surface area contributed by atoms with E-state index in [1.165, 1.54) is 12.1 Å². The third-order valence-electron chi connectivity index (χ3n) is 4.87. The molecule has 0 radical (unpaired) electrons. The second-order valence-electron chi connectivity index (χ2n) is 6.85. The minimum absolute atomic E-state index is 0.247. The number of nitrogens with one attached hydrogen (secondary N) is 1. The number of anilines is 2. The molecule has 0 aliphatic carbocycles. The first-order valence-electron chi connectivity index (χ1n) is 9.62. The first kappa shape index (κ1) is 18.1. The quantitative estimate of drug-likeness (QED) is 0.423. The number of halogens is 1. The number of rotatable bonds is 5. The maximum Gasteiger partial charge on any atom is 0.320 e. The molecule has 0 aliphatic rings. The lowest BCUT2D eigenvalue weighted by molar-refractivity contribution is 0.515. The second-order valence-corrected chi connectivity index (χ2v) is 6.85. The van der Waals surface area contributed by atoms with Gasteiger partial charge >= 0.3 is 6.01 Å². The molecule has 7 heteroatoms. The Morgan fingerprint density at radius 2 is 1.83 bits per heavy atom. The van der Waals surface area contributed by atoms with Crippen molar-refractivity contribution in [2.75, 3.05) is 5.32 Å². The number of aromatic nitrogens is 4. The van der Waals surface area contributed by atoms with E-state index >= 15 is 0 Å². The molecule has 0 spiro atoms. The van der Waals surface area contributed by atoms with Crippen molar-refractivity contribution in [1.82, 2.24) is 19.6 Å². The molecule has 0 unspecified atom stereocenters. The van der Waals surface area contributed by atoms with E-state index in [9.17, 15) is 4.39 Å². The van der Waals surface area contributed by atoms with Gasteiger partial charge in [-0.15, -0.1) is 5.10 Å². The SMILES string of the molecule is CCc1nnc(Nc2cccc(-c3cnc4cc(-c5ccc(F)cc5)ccn34)c2)o1. The summed E-state index contributed by atoms with van der Waals surface area (Å²) >= 11 is 0. The number of nitrogens with zero attached hydrogens (tertiary/aromatic N) is 4. The van der Waals surface area contributed by atoms with Gasteiger partial charge in [0.1, 0.15) is 11.5 Å². The van der Waals surface area contributed by atoms with Crippen LogP contribution in [0.25, 0.3) is 28.0 Å². The summed E-state index contributed by atoms with van der Waals surface area (Å²) in [6.45, 7) is 1.96. The molecule has 0 saturated heterocycles. The summed E-state index contributed by atoms with van der Waals surface area (Å²) in [5.74, 6) is 0.343. The molecular weight excluding hydrogens is 381 g/mol. The summed E-state index contributed by atoms with van der Waals surface area (Å²) in [5, 5.41) is 11.1. The molecule has 0 bridgehead atoms. The topological polar surface area (TPSA) is 68.2 Å². The highest BCUT2D eigenvalue weighted by Crippen LogP contribution is 2.27. The van der Waals surface area contributed by atoms with Crippen LogP contribution in [0.4, 0.5) is 16.1 Å². The number of benzene rings is 2. The molecule has 3 aromatic heterocycles. The summed E-state index contributed by atoms with van der Waals surface area (Å²) in [6.07, 6.45) is 4.50. The molecule has 2 aromatic carbocycles. The maximum atomic E-state index is 13.2. The first-order valence-corrected chi connectivity index (χ1v) is 9.62. The van der Waals surface area contributed by atoms with Crippen molar-refractivity contribution in [3.05, 3.63) is 84.8 Å². The van der Waals surface area contributed by atoms with Gasteiger partial charge in [0.05, 0.1) is 11.9 Å². The van der Waals surface area contributed by atoms with Crippen molar-refractivity contribution in [3.8, 4) is 22.4 Å². The van der Waals surface area contributed by atoms with Gasteiger partial charge in [0.15, 0.2) is 0 Å². The molecule has 0 amide bonds. The second kappa shape index (κ2) is 7.44. The fraction of sp³-hybridized carbons (Fsp3) is 0.0870. The monoisotopic (exact) mass is 399 g/mol. The zero-order chi connectivity index (χ0) is 20.5. The molecule has 5 rings (SSSR count). The van der Waals surface area contributed by atoms with Crippen molar-refractivity contribution in [1.29, 1.82) is 0 Å². The predicted octanol–water partition coefficient (Wildman–Crippen LogP) is 5.50. The molecule has 0 saturated carbocycles. The third-order valence-corrected chi connectivity index (χ3v) is 4.87. The average Bonchev–Trinajstić information content (AvgIpc) is 3.40.